The fourth-order valence-corrected chi connectivity index (χ4v) is 6.75. The third kappa shape index (κ3) is 34.9. The predicted molar refractivity (Wildman–Crippen MR) is 208 cm³/mol. The van der Waals surface area contributed by atoms with Gasteiger partial charge >= 0.3 is 0 Å². The van der Waals surface area contributed by atoms with Crippen molar-refractivity contribution in [1.82, 2.24) is 5.32 Å². The van der Waals surface area contributed by atoms with Crippen molar-refractivity contribution in [2.45, 2.75) is 250 Å². The molecule has 48 heavy (non-hydrogen) atoms. The molecule has 5 heteroatoms. The predicted octanol–water partition coefficient (Wildman–Crippen LogP) is 12.0. The van der Waals surface area contributed by atoms with Crippen molar-refractivity contribution in [2.24, 2.45) is 0 Å². The minimum absolute atomic E-state index is 0.0187. The van der Waals surface area contributed by atoms with E-state index < -0.39 is 18.2 Å². The molecule has 0 saturated heterocycles. The molecule has 0 heterocycles. The largest absolute Gasteiger partial charge is 0.394 e. The van der Waals surface area contributed by atoms with Gasteiger partial charge in [0.2, 0.25) is 5.91 Å². The summed E-state index contributed by atoms with van der Waals surface area (Å²) in [6, 6.07) is -0.738. The van der Waals surface area contributed by atoms with Crippen LogP contribution in [0.5, 0.6) is 0 Å². The van der Waals surface area contributed by atoms with Crippen LogP contribution < -0.4 is 5.32 Å². The highest BCUT2D eigenvalue weighted by molar-refractivity contribution is 5.76. The summed E-state index contributed by atoms with van der Waals surface area (Å²) in [7, 11) is 0. The average molecular weight is 680 g/mol. The molecule has 0 radical (unpaired) electrons. The van der Waals surface area contributed by atoms with E-state index in [-0.39, 0.29) is 18.9 Å². The molecule has 0 spiro atoms. The maximum Gasteiger partial charge on any atom is 0.222 e. The highest BCUT2D eigenvalue weighted by atomic mass is 16.3. The van der Waals surface area contributed by atoms with Crippen LogP contribution in [0.25, 0.3) is 0 Å². The summed E-state index contributed by atoms with van der Waals surface area (Å²) >= 11 is 0. The average Bonchev–Trinajstić information content (AvgIpc) is 3.08. The molecule has 286 valence electrons. The fourth-order valence-electron chi connectivity index (χ4n) is 6.75. The molecule has 0 fully saturated rings. The molecule has 0 aliphatic heterocycles. The molecular weight excluding hydrogens is 594 g/mol. The highest BCUT2D eigenvalue weighted by Gasteiger charge is 2.20. The summed E-state index contributed by atoms with van der Waals surface area (Å²) in [5.74, 6) is -0.312. The number of nitrogens with one attached hydrogen (secondary N) is 1. The third-order valence-corrected chi connectivity index (χ3v) is 10.1. The van der Waals surface area contributed by atoms with Gasteiger partial charge in [0.05, 0.1) is 31.3 Å². The number of carbonyl (C=O) groups excluding carboxylic acids is 1. The van der Waals surface area contributed by atoms with E-state index in [0.29, 0.717) is 6.42 Å². The zero-order valence-corrected chi connectivity index (χ0v) is 32.4. The van der Waals surface area contributed by atoms with Crippen LogP contribution in [0.1, 0.15) is 232 Å². The Morgan fingerprint density at radius 1 is 0.521 bits per heavy atom. The summed E-state index contributed by atoms with van der Waals surface area (Å²) in [6.07, 6.45) is 44.9. The Morgan fingerprint density at radius 2 is 0.854 bits per heavy atom. The van der Waals surface area contributed by atoms with Crippen molar-refractivity contribution < 1.29 is 20.1 Å². The van der Waals surface area contributed by atoms with Crippen LogP contribution in [0, 0.1) is 0 Å². The standard InChI is InChI=1S/C43H85NO4/c1-3-5-7-9-11-13-15-17-19-20-21-22-23-24-26-28-30-32-34-36-40(46)38-43(48)44-41(39-45)42(47)37-35-33-31-29-27-25-18-16-14-12-10-8-6-4-2/h35,37,40-42,45-47H,3-34,36,38-39H2,1-2H3,(H,44,48)/b37-35+. The Morgan fingerprint density at radius 3 is 1.21 bits per heavy atom. The number of carbonyl (C=O) groups is 1. The molecule has 0 saturated carbocycles. The van der Waals surface area contributed by atoms with Gasteiger partial charge in [-0.1, -0.05) is 219 Å². The summed E-state index contributed by atoms with van der Waals surface area (Å²) in [5, 5.41) is 33.2. The molecule has 0 aliphatic rings. The van der Waals surface area contributed by atoms with Gasteiger partial charge in [-0.25, -0.2) is 0 Å². The van der Waals surface area contributed by atoms with Crippen LogP contribution in [0.15, 0.2) is 12.2 Å². The second kappa shape index (κ2) is 38.9. The number of amides is 1. The SMILES string of the molecule is CCCCCCCCCCCCCC/C=C/C(O)C(CO)NC(=O)CC(O)CCCCCCCCCCCCCCCCCCCCC. The van der Waals surface area contributed by atoms with E-state index >= 15 is 0 Å². The van der Waals surface area contributed by atoms with E-state index in [9.17, 15) is 20.1 Å². The Kier molecular flexibility index (Phi) is 38.1. The van der Waals surface area contributed by atoms with Gasteiger partial charge in [0.1, 0.15) is 0 Å². The van der Waals surface area contributed by atoms with Gasteiger partial charge in [-0.2, -0.15) is 0 Å². The summed E-state index contributed by atoms with van der Waals surface area (Å²) in [5.41, 5.74) is 0. The number of rotatable bonds is 39. The molecule has 0 bridgehead atoms. The van der Waals surface area contributed by atoms with Crippen molar-refractivity contribution >= 4 is 5.91 Å². The zero-order valence-electron chi connectivity index (χ0n) is 32.4. The summed E-state index contributed by atoms with van der Waals surface area (Å²) in [6.45, 7) is 4.22. The molecule has 3 atom stereocenters. The normalized spacial score (nSPS) is 13.7. The minimum Gasteiger partial charge on any atom is -0.394 e. The lowest BCUT2D eigenvalue weighted by molar-refractivity contribution is -0.124. The van der Waals surface area contributed by atoms with Crippen molar-refractivity contribution in [3.63, 3.8) is 0 Å². The Hall–Kier alpha value is -0.910. The van der Waals surface area contributed by atoms with Gasteiger partial charge in [-0.3, -0.25) is 4.79 Å². The number of hydrogen-bond donors (Lipinski definition) is 4. The number of hydrogen-bond acceptors (Lipinski definition) is 4. The molecule has 0 aromatic rings. The van der Waals surface area contributed by atoms with Crippen LogP contribution in [0.2, 0.25) is 0 Å². The summed E-state index contributed by atoms with van der Waals surface area (Å²) in [4.78, 5) is 12.4. The van der Waals surface area contributed by atoms with E-state index in [1.165, 1.54) is 180 Å². The molecule has 0 aliphatic carbocycles. The number of unbranched alkanes of at least 4 members (excludes halogenated alkanes) is 30. The molecule has 0 aromatic heterocycles. The van der Waals surface area contributed by atoms with Crippen molar-refractivity contribution in [2.75, 3.05) is 6.61 Å². The first-order valence-corrected chi connectivity index (χ1v) is 21.5. The van der Waals surface area contributed by atoms with Gasteiger partial charge in [-0.15, -0.1) is 0 Å². The van der Waals surface area contributed by atoms with E-state index in [0.717, 1.165) is 25.7 Å². The van der Waals surface area contributed by atoms with Crippen LogP contribution in [-0.2, 0) is 4.79 Å². The zero-order chi connectivity index (χ0) is 35.2. The van der Waals surface area contributed by atoms with E-state index in [1.54, 1.807) is 6.08 Å². The number of aliphatic hydroxyl groups excluding tert-OH is 3. The lowest BCUT2D eigenvalue weighted by atomic mass is 10.0. The van der Waals surface area contributed by atoms with Gasteiger partial charge in [0.25, 0.3) is 0 Å². The quantitative estimate of drug-likeness (QED) is 0.0384. The highest BCUT2D eigenvalue weighted by Crippen LogP contribution is 2.16. The van der Waals surface area contributed by atoms with Crippen LogP contribution >= 0.6 is 0 Å². The molecule has 0 aromatic carbocycles. The number of aliphatic hydroxyl groups is 3. The minimum atomic E-state index is -0.923. The van der Waals surface area contributed by atoms with Gasteiger partial charge in [0, 0.05) is 0 Å². The van der Waals surface area contributed by atoms with E-state index in [2.05, 4.69) is 19.2 Å². The first-order valence-electron chi connectivity index (χ1n) is 21.5. The van der Waals surface area contributed by atoms with Crippen molar-refractivity contribution in [1.29, 1.82) is 0 Å². The Labute approximate surface area is 299 Å². The molecule has 1 amide bonds. The number of allylic oxidation sites excluding steroid dienone is 1. The van der Waals surface area contributed by atoms with E-state index in [1.807, 2.05) is 6.08 Å². The van der Waals surface area contributed by atoms with Crippen LogP contribution in [-0.4, -0.2) is 46.1 Å². The Bertz CT molecular complexity index is 669. The summed E-state index contributed by atoms with van der Waals surface area (Å²) < 4.78 is 0. The lowest BCUT2D eigenvalue weighted by Crippen LogP contribution is -2.45. The van der Waals surface area contributed by atoms with Crippen LogP contribution in [0.4, 0.5) is 0 Å². The molecule has 3 unspecified atom stereocenters. The molecule has 4 N–H and O–H groups in total. The first-order chi connectivity index (χ1) is 23.5. The monoisotopic (exact) mass is 680 g/mol. The molecule has 5 nitrogen and oxygen atoms in total. The van der Waals surface area contributed by atoms with Gasteiger partial charge in [0.15, 0.2) is 0 Å². The topological polar surface area (TPSA) is 89.8 Å². The molecule has 0 rings (SSSR count). The third-order valence-electron chi connectivity index (χ3n) is 10.1. The van der Waals surface area contributed by atoms with Crippen molar-refractivity contribution in [3.8, 4) is 0 Å². The van der Waals surface area contributed by atoms with E-state index in [4.69, 9.17) is 0 Å². The first kappa shape index (κ1) is 47.1. The fraction of sp³-hybridized carbons (Fsp3) is 0.930. The Balaban J connectivity index is 3.63. The lowest BCUT2D eigenvalue weighted by Gasteiger charge is -2.21. The molecular formula is C43H85NO4. The van der Waals surface area contributed by atoms with Crippen molar-refractivity contribution in [3.05, 3.63) is 12.2 Å². The maximum atomic E-state index is 12.4. The van der Waals surface area contributed by atoms with Gasteiger partial charge in [-0.05, 0) is 19.3 Å². The second-order valence-corrected chi connectivity index (χ2v) is 15.0. The second-order valence-electron chi connectivity index (χ2n) is 15.0. The smallest absolute Gasteiger partial charge is 0.222 e. The maximum absolute atomic E-state index is 12.4. The van der Waals surface area contributed by atoms with Crippen LogP contribution in [0.3, 0.4) is 0 Å². The van der Waals surface area contributed by atoms with Gasteiger partial charge < -0.3 is 20.6 Å².